The molecule has 2 aromatic rings. The Morgan fingerprint density at radius 3 is 2.58 bits per heavy atom. The third-order valence-electron chi connectivity index (χ3n) is 2.79. The molecule has 0 fully saturated rings. The van der Waals surface area contributed by atoms with Crippen LogP contribution in [-0.2, 0) is 15.8 Å². The lowest BCUT2D eigenvalue weighted by atomic mass is 10.4. The van der Waals surface area contributed by atoms with E-state index < -0.39 is 16.1 Å². The standard InChI is InChI=1S/C13H13N5O5S3/c1-22-9-5-10(23-2)16-12(15-9)17-13(19)18-26(20,21)11-8(3-4-25-11)6-24-7-14/h3-5H,6H2,1-2H3,(H2,15,16,17,18,19). The van der Waals surface area contributed by atoms with Crippen LogP contribution in [0.2, 0.25) is 0 Å². The molecule has 0 spiro atoms. The summed E-state index contributed by atoms with van der Waals surface area (Å²) >= 11 is 1.84. The number of nitriles is 1. The maximum Gasteiger partial charge on any atom is 0.335 e. The number of amides is 2. The van der Waals surface area contributed by atoms with E-state index in [0.717, 1.165) is 23.1 Å². The lowest BCUT2D eigenvalue weighted by molar-refractivity contribution is 0.256. The van der Waals surface area contributed by atoms with Gasteiger partial charge in [0.05, 0.1) is 20.3 Å². The number of carbonyl (C=O) groups is 1. The number of anilines is 1. The van der Waals surface area contributed by atoms with E-state index in [4.69, 9.17) is 14.7 Å². The molecule has 0 aromatic carbocycles. The van der Waals surface area contributed by atoms with Crippen LogP contribution in [0.4, 0.5) is 10.7 Å². The van der Waals surface area contributed by atoms with Gasteiger partial charge in [0, 0.05) is 5.75 Å². The van der Waals surface area contributed by atoms with Gasteiger partial charge in [-0.25, -0.2) is 17.9 Å². The van der Waals surface area contributed by atoms with E-state index in [1.54, 1.807) is 11.4 Å². The first-order valence-electron chi connectivity index (χ1n) is 6.77. The molecule has 2 amide bonds. The van der Waals surface area contributed by atoms with E-state index in [-0.39, 0.29) is 27.7 Å². The second kappa shape index (κ2) is 8.70. The average Bonchev–Trinajstić information content (AvgIpc) is 3.08. The molecule has 2 N–H and O–H groups in total. The molecule has 2 aromatic heterocycles. The molecule has 2 heterocycles. The topological polar surface area (TPSA) is 143 Å². The van der Waals surface area contributed by atoms with Crippen molar-refractivity contribution in [2.24, 2.45) is 0 Å². The van der Waals surface area contributed by atoms with Crippen molar-refractivity contribution in [2.75, 3.05) is 19.5 Å². The first-order valence-corrected chi connectivity index (χ1v) is 10.1. The van der Waals surface area contributed by atoms with Crippen molar-refractivity contribution in [3.8, 4) is 17.2 Å². The van der Waals surface area contributed by atoms with Crippen molar-refractivity contribution in [3.05, 3.63) is 23.1 Å². The van der Waals surface area contributed by atoms with Crippen LogP contribution in [-0.4, -0.2) is 38.6 Å². The van der Waals surface area contributed by atoms with Gasteiger partial charge in [-0.2, -0.15) is 15.2 Å². The zero-order chi connectivity index (χ0) is 19.2. The number of nitrogens with one attached hydrogen (secondary N) is 2. The summed E-state index contributed by atoms with van der Waals surface area (Å²) in [7, 11) is -1.38. The molecule has 2 rings (SSSR count). The maximum absolute atomic E-state index is 12.4. The van der Waals surface area contributed by atoms with E-state index >= 15 is 0 Å². The Morgan fingerprint density at radius 1 is 1.35 bits per heavy atom. The van der Waals surface area contributed by atoms with Gasteiger partial charge in [0.15, 0.2) is 0 Å². The van der Waals surface area contributed by atoms with Crippen LogP contribution in [0.25, 0.3) is 0 Å². The third-order valence-corrected chi connectivity index (χ3v) is 6.28. The number of carbonyl (C=O) groups excluding carboxylic acids is 1. The summed E-state index contributed by atoms with van der Waals surface area (Å²) in [4.78, 5) is 19.8. The molecule has 0 saturated heterocycles. The molecular formula is C13H13N5O5S3. The minimum absolute atomic E-state index is 0.0421. The molecule has 0 atom stereocenters. The van der Waals surface area contributed by atoms with Crippen molar-refractivity contribution in [1.29, 1.82) is 5.26 Å². The molecule has 0 aliphatic carbocycles. The van der Waals surface area contributed by atoms with Gasteiger partial charge in [-0.05, 0) is 28.8 Å². The molecule has 0 bridgehead atoms. The molecule has 0 aliphatic rings. The van der Waals surface area contributed by atoms with Gasteiger partial charge < -0.3 is 9.47 Å². The van der Waals surface area contributed by atoms with Crippen LogP contribution in [0.3, 0.4) is 0 Å². The van der Waals surface area contributed by atoms with Gasteiger partial charge in [-0.1, -0.05) is 0 Å². The Labute approximate surface area is 157 Å². The first-order chi connectivity index (χ1) is 12.4. The van der Waals surface area contributed by atoms with Crippen molar-refractivity contribution in [2.45, 2.75) is 9.96 Å². The van der Waals surface area contributed by atoms with Crippen LogP contribution >= 0.6 is 23.1 Å². The van der Waals surface area contributed by atoms with Gasteiger partial charge in [-0.3, -0.25) is 5.32 Å². The Balaban J connectivity index is 2.14. The third kappa shape index (κ3) is 4.97. The van der Waals surface area contributed by atoms with E-state index in [9.17, 15) is 13.2 Å². The molecule has 26 heavy (non-hydrogen) atoms. The predicted molar refractivity (Wildman–Crippen MR) is 95.7 cm³/mol. The highest BCUT2D eigenvalue weighted by atomic mass is 32.2. The summed E-state index contributed by atoms with van der Waals surface area (Å²) in [5, 5.41) is 14.2. The minimum Gasteiger partial charge on any atom is -0.481 e. The fraction of sp³-hybridized carbons (Fsp3) is 0.231. The predicted octanol–water partition coefficient (Wildman–Crippen LogP) is 1.78. The van der Waals surface area contributed by atoms with Crippen molar-refractivity contribution < 1.29 is 22.7 Å². The highest BCUT2D eigenvalue weighted by molar-refractivity contribution is 8.03. The number of sulfonamides is 1. The van der Waals surface area contributed by atoms with Crippen LogP contribution in [0.15, 0.2) is 21.7 Å². The normalized spacial score (nSPS) is 10.7. The van der Waals surface area contributed by atoms with Crippen molar-refractivity contribution >= 4 is 45.1 Å². The summed E-state index contributed by atoms with van der Waals surface area (Å²) < 4.78 is 36.5. The average molecular weight is 415 g/mol. The number of rotatable bonds is 7. The molecule has 13 heteroatoms. The molecule has 0 saturated carbocycles. The van der Waals surface area contributed by atoms with Gasteiger partial charge in [0.1, 0.15) is 9.61 Å². The number of thiophene rings is 1. The number of hydrogen-bond donors (Lipinski definition) is 2. The summed E-state index contributed by atoms with van der Waals surface area (Å²) in [6.07, 6.45) is 0. The zero-order valence-corrected chi connectivity index (χ0v) is 16.0. The lowest BCUT2D eigenvalue weighted by Crippen LogP contribution is -2.34. The van der Waals surface area contributed by atoms with Crippen LogP contribution in [0.1, 0.15) is 5.56 Å². The van der Waals surface area contributed by atoms with Crippen molar-refractivity contribution in [3.63, 3.8) is 0 Å². The first kappa shape index (κ1) is 19.8. The second-order valence-corrected chi connectivity index (χ2v) is 8.00. The summed E-state index contributed by atoms with van der Waals surface area (Å²) in [5.74, 6) is 0.252. The number of aromatic nitrogens is 2. The molecular weight excluding hydrogens is 402 g/mol. The van der Waals surface area contributed by atoms with E-state index in [1.807, 2.05) is 10.1 Å². The summed E-state index contributed by atoms with van der Waals surface area (Å²) in [6.45, 7) is 0. The maximum atomic E-state index is 12.4. The number of ether oxygens (including phenoxy) is 2. The molecule has 0 unspecified atom stereocenters. The zero-order valence-electron chi connectivity index (χ0n) is 13.5. The number of thiocyanates is 1. The summed E-state index contributed by atoms with van der Waals surface area (Å²) in [5.41, 5.74) is 0.432. The van der Waals surface area contributed by atoms with Crippen molar-refractivity contribution in [1.82, 2.24) is 14.7 Å². The monoisotopic (exact) mass is 415 g/mol. The Morgan fingerprint density at radius 2 is 2.00 bits per heavy atom. The fourth-order valence-corrected chi connectivity index (χ4v) is 4.70. The Hall–Kier alpha value is -2.56. The van der Waals surface area contributed by atoms with Gasteiger partial charge in [0.25, 0.3) is 10.0 Å². The summed E-state index contributed by atoms with van der Waals surface area (Å²) in [6, 6.07) is 1.93. The quantitative estimate of drug-likeness (QED) is 0.647. The number of urea groups is 1. The van der Waals surface area contributed by atoms with Crippen LogP contribution in [0.5, 0.6) is 11.8 Å². The largest absolute Gasteiger partial charge is 0.481 e. The number of methoxy groups -OCH3 is 2. The number of hydrogen-bond acceptors (Lipinski definition) is 10. The minimum atomic E-state index is -4.11. The van der Waals surface area contributed by atoms with Crippen LogP contribution < -0.4 is 19.5 Å². The molecule has 0 aliphatic heterocycles. The van der Waals surface area contributed by atoms with Gasteiger partial charge in [0.2, 0.25) is 17.7 Å². The Bertz CT molecular complexity index is 916. The number of nitrogens with zero attached hydrogens (tertiary/aromatic N) is 3. The Kier molecular flexibility index (Phi) is 6.61. The highest BCUT2D eigenvalue weighted by Gasteiger charge is 2.23. The van der Waals surface area contributed by atoms with E-state index in [1.165, 1.54) is 20.3 Å². The molecule has 138 valence electrons. The van der Waals surface area contributed by atoms with E-state index in [2.05, 4.69) is 15.3 Å². The highest BCUT2D eigenvalue weighted by Crippen LogP contribution is 2.26. The lowest BCUT2D eigenvalue weighted by Gasteiger charge is -2.09. The molecule has 10 nitrogen and oxygen atoms in total. The van der Waals surface area contributed by atoms with Gasteiger partial charge in [-0.15, -0.1) is 11.3 Å². The van der Waals surface area contributed by atoms with Gasteiger partial charge >= 0.3 is 6.03 Å². The second-order valence-electron chi connectivity index (χ2n) is 4.45. The fourth-order valence-electron chi connectivity index (χ4n) is 1.74. The van der Waals surface area contributed by atoms with E-state index in [0.29, 0.717) is 5.56 Å². The van der Waals surface area contributed by atoms with Crippen LogP contribution in [0, 0.1) is 10.7 Å². The molecule has 0 radical (unpaired) electrons. The smallest absolute Gasteiger partial charge is 0.335 e. The number of thioether (sulfide) groups is 1. The SMILES string of the molecule is COc1cc(OC)nc(NC(=O)NS(=O)(=O)c2sccc2CSC#N)n1.